The minimum Gasteiger partial charge on any atom is -0.405 e. The van der Waals surface area contributed by atoms with Gasteiger partial charge in [0.25, 0.3) is 0 Å². The van der Waals surface area contributed by atoms with Crippen molar-refractivity contribution >= 4 is 11.8 Å². The van der Waals surface area contributed by atoms with E-state index in [2.05, 4.69) is 9.64 Å². The molecule has 0 radical (unpaired) electrons. The molecule has 0 spiro atoms. The molecule has 7 heteroatoms. The van der Waals surface area contributed by atoms with E-state index in [4.69, 9.17) is 5.73 Å². The smallest absolute Gasteiger partial charge is 0.405 e. The zero-order valence-electron chi connectivity index (χ0n) is 10.9. The second-order valence-electron chi connectivity index (χ2n) is 4.49. The predicted molar refractivity (Wildman–Crippen MR) is 73.8 cm³/mol. The number of nitrogens with zero attached hydrogens (tertiary/aromatic N) is 1. The Balaban J connectivity index is 2.24. The number of hydrogen-bond donors (Lipinski definition) is 1. The molecule has 0 saturated carbocycles. The van der Waals surface area contributed by atoms with Crippen molar-refractivity contribution in [2.75, 3.05) is 31.1 Å². The van der Waals surface area contributed by atoms with Crippen LogP contribution in [0.15, 0.2) is 24.3 Å². The van der Waals surface area contributed by atoms with Gasteiger partial charge in [-0.2, -0.15) is 11.8 Å². The zero-order valence-corrected chi connectivity index (χ0v) is 11.7. The Kier molecular flexibility index (Phi) is 5.17. The van der Waals surface area contributed by atoms with E-state index >= 15 is 0 Å². The fraction of sp³-hybridized carbons (Fsp3) is 0.538. The molecule has 112 valence electrons. The SMILES string of the molecule is NCC(c1ccccc1OC(F)(F)F)N1CCSCC1. The molecule has 3 nitrogen and oxygen atoms in total. The summed E-state index contributed by atoms with van der Waals surface area (Å²) in [6.07, 6.45) is -4.69. The summed E-state index contributed by atoms with van der Waals surface area (Å²) in [5, 5.41) is 0. The van der Waals surface area contributed by atoms with Crippen LogP contribution in [0.5, 0.6) is 5.75 Å². The number of para-hydroxylation sites is 1. The van der Waals surface area contributed by atoms with E-state index in [1.54, 1.807) is 12.1 Å². The molecule has 0 amide bonds. The average molecular weight is 306 g/mol. The van der Waals surface area contributed by atoms with Crippen LogP contribution in [-0.2, 0) is 0 Å². The van der Waals surface area contributed by atoms with Crippen molar-refractivity contribution in [1.82, 2.24) is 4.90 Å². The highest BCUT2D eigenvalue weighted by Gasteiger charge is 2.33. The summed E-state index contributed by atoms with van der Waals surface area (Å²) >= 11 is 1.84. The van der Waals surface area contributed by atoms with Crippen molar-refractivity contribution in [3.8, 4) is 5.75 Å². The number of alkyl halides is 3. The van der Waals surface area contributed by atoms with E-state index < -0.39 is 6.36 Å². The molecule has 1 aliphatic heterocycles. The molecule has 1 saturated heterocycles. The third kappa shape index (κ3) is 4.04. The highest BCUT2D eigenvalue weighted by Crippen LogP contribution is 2.33. The number of rotatable bonds is 4. The lowest BCUT2D eigenvalue weighted by Crippen LogP contribution is -2.39. The third-order valence-corrected chi connectivity index (χ3v) is 4.16. The molecule has 2 N–H and O–H groups in total. The third-order valence-electron chi connectivity index (χ3n) is 3.21. The summed E-state index contributed by atoms with van der Waals surface area (Å²) in [6, 6.07) is 5.99. The number of ether oxygens (including phenoxy) is 1. The molecule has 1 atom stereocenters. The maximum Gasteiger partial charge on any atom is 0.573 e. The molecule has 0 aromatic heterocycles. The van der Waals surface area contributed by atoms with Gasteiger partial charge in [-0.25, -0.2) is 0 Å². The molecule has 2 rings (SSSR count). The van der Waals surface area contributed by atoms with Crippen LogP contribution in [0.4, 0.5) is 13.2 Å². The Labute approximate surface area is 120 Å². The van der Waals surface area contributed by atoms with Crippen LogP contribution in [0.3, 0.4) is 0 Å². The van der Waals surface area contributed by atoms with E-state index in [0.717, 1.165) is 24.6 Å². The quantitative estimate of drug-likeness (QED) is 0.928. The van der Waals surface area contributed by atoms with E-state index in [9.17, 15) is 13.2 Å². The maximum atomic E-state index is 12.5. The monoisotopic (exact) mass is 306 g/mol. The Morgan fingerprint density at radius 1 is 1.25 bits per heavy atom. The number of benzene rings is 1. The number of nitrogens with two attached hydrogens (primary N) is 1. The fourth-order valence-electron chi connectivity index (χ4n) is 2.34. The number of hydrogen-bond acceptors (Lipinski definition) is 4. The minimum atomic E-state index is -4.69. The van der Waals surface area contributed by atoms with Crippen LogP contribution < -0.4 is 10.5 Å². The first kappa shape index (κ1) is 15.5. The first-order valence-corrected chi connectivity index (χ1v) is 7.53. The highest BCUT2D eigenvalue weighted by atomic mass is 32.2. The van der Waals surface area contributed by atoms with Crippen LogP contribution >= 0.6 is 11.8 Å². The molecular formula is C13H17F3N2OS. The Hall–Kier alpha value is -0.920. The first-order chi connectivity index (χ1) is 9.51. The summed E-state index contributed by atoms with van der Waals surface area (Å²) in [6.45, 7) is 1.92. The summed E-state index contributed by atoms with van der Waals surface area (Å²) in [5.41, 5.74) is 6.28. The van der Waals surface area contributed by atoms with Gasteiger partial charge in [0.2, 0.25) is 0 Å². The van der Waals surface area contributed by atoms with Crippen LogP contribution in [0.2, 0.25) is 0 Å². The van der Waals surface area contributed by atoms with Crippen LogP contribution in [0, 0.1) is 0 Å². The highest BCUT2D eigenvalue weighted by molar-refractivity contribution is 7.99. The molecule has 1 aromatic rings. The van der Waals surface area contributed by atoms with E-state index in [-0.39, 0.29) is 18.3 Å². The van der Waals surface area contributed by atoms with Gasteiger partial charge in [-0.3, -0.25) is 4.90 Å². The lowest BCUT2D eigenvalue weighted by atomic mass is 10.0. The molecule has 1 aromatic carbocycles. The van der Waals surface area contributed by atoms with Crippen LogP contribution in [-0.4, -0.2) is 42.4 Å². The van der Waals surface area contributed by atoms with E-state index in [1.165, 1.54) is 12.1 Å². The lowest BCUT2D eigenvalue weighted by molar-refractivity contribution is -0.275. The Morgan fingerprint density at radius 2 is 1.90 bits per heavy atom. The first-order valence-electron chi connectivity index (χ1n) is 6.38. The zero-order chi connectivity index (χ0) is 14.6. The molecular weight excluding hydrogens is 289 g/mol. The topological polar surface area (TPSA) is 38.5 Å². The van der Waals surface area contributed by atoms with E-state index in [0.29, 0.717) is 5.56 Å². The van der Waals surface area contributed by atoms with Gasteiger partial charge in [0.15, 0.2) is 0 Å². The van der Waals surface area contributed by atoms with Gasteiger partial charge < -0.3 is 10.5 Å². The van der Waals surface area contributed by atoms with Gasteiger partial charge in [-0.15, -0.1) is 13.2 Å². The van der Waals surface area contributed by atoms with Gasteiger partial charge in [0.05, 0.1) is 6.04 Å². The van der Waals surface area contributed by atoms with Gasteiger partial charge in [-0.05, 0) is 6.07 Å². The Bertz CT molecular complexity index is 436. The fourth-order valence-corrected chi connectivity index (χ4v) is 3.27. The second-order valence-corrected chi connectivity index (χ2v) is 5.71. The standard InChI is InChI=1S/C13H17F3N2OS/c14-13(15,16)19-12-4-2-1-3-10(12)11(9-17)18-5-7-20-8-6-18/h1-4,11H,5-9,17H2. The average Bonchev–Trinajstić information content (AvgIpc) is 2.41. The van der Waals surface area contributed by atoms with Gasteiger partial charge in [0.1, 0.15) is 5.75 Å². The lowest BCUT2D eigenvalue weighted by Gasteiger charge is -2.34. The van der Waals surface area contributed by atoms with Crippen LogP contribution in [0.25, 0.3) is 0 Å². The summed E-state index contributed by atoms with van der Waals surface area (Å²) in [5.74, 6) is 1.78. The van der Waals surface area contributed by atoms with Crippen molar-refractivity contribution < 1.29 is 17.9 Å². The number of thioether (sulfide) groups is 1. The molecule has 1 fully saturated rings. The van der Waals surface area contributed by atoms with Crippen molar-refractivity contribution in [3.05, 3.63) is 29.8 Å². The minimum absolute atomic E-state index is 0.159. The molecule has 20 heavy (non-hydrogen) atoms. The van der Waals surface area contributed by atoms with Crippen molar-refractivity contribution in [2.24, 2.45) is 5.73 Å². The van der Waals surface area contributed by atoms with Crippen molar-refractivity contribution in [1.29, 1.82) is 0 Å². The van der Waals surface area contributed by atoms with Gasteiger partial charge in [-0.1, -0.05) is 18.2 Å². The Morgan fingerprint density at radius 3 is 2.50 bits per heavy atom. The second kappa shape index (κ2) is 6.69. The van der Waals surface area contributed by atoms with Crippen LogP contribution in [0.1, 0.15) is 11.6 Å². The predicted octanol–water partition coefficient (Wildman–Crippen LogP) is 2.63. The molecule has 0 aliphatic carbocycles. The van der Waals surface area contributed by atoms with Crippen molar-refractivity contribution in [3.63, 3.8) is 0 Å². The van der Waals surface area contributed by atoms with E-state index in [1.807, 2.05) is 11.8 Å². The number of halogens is 3. The molecule has 1 unspecified atom stereocenters. The summed E-state index contributed by atoms with van der Waals surface area (Å²) < 4.78 is 41.5. The molecule has 1 heterocycles. The van der Waals surface area contributed by atoms with Gasteiger partial charge >= 0.3 is 6.36 Å². The van der Waals surface area contributed by atoms with Gasteiger partial charge in [0, 0.05) is 36.7 Å². The maximum absolute atomic E-state index is 12.5. The molecule has 0 bridgehead atoms. The summed E-state index contributed by atoms with van der Waals surface area (Å²) in [7, 11) is 0. The largest absolute Gasteiger partial charge is 0.573 e. The molecule has 1 aliphatic rings. The normalized spacial score (nSPS) is 18.8. The summed E-state index contributed by atoms with van der Waals surface area (Å²) in [4.78, 5) is 2.12. The van der Waals surface area contributed by atoms with Crippen molar-refractivity contribution in [2.45, 2.75) is 12.4 Å².